The van der Waals surface area contributed by atoms with E-state index < -0.39 is 0 Å². The third kappa shape index (κ3) is 3.65. The molecule has 0 aliphatic carbocycles. The Kier molecular flexibility index (Phi) is 5.27. The van der Waals surface area contributed by atoms with Gasteiger partial charge in [0.1, 0.15) is 0 Å². The standard InChI is InChI=1S/C17H23N3/c1-3-15(18)17(16-11-7-8-12-19-16)20(2)13-14-9-5-4-6-10-14/h4-12,15,17H,3,13,18H2,1-2H3. The maximum absolute atomic E-state index is 6.32. The SMILES string of the molecule is CCC(N)C(c1ccccn1)N(C)Cc1ccccc1. The first-order valence-corrected chi connectivity index (χ1v) is 7.13. The van der Waals surface area contributed by atoms with Crippen LogP contribution in [0.15, 0.2) is 54.7 Å². The second-order valence-corrected chi connectivity index (χ2v) is 5.17. The number of rotatable bonds is 6. The van der Waals surface area contributed by atoms with Crippen molar-refractivity contribution in [3.05, 3.63) is 66.0 Å². The fraction of sp³-hybridized carbons (Fsp3) is 0.353. The molecule has 0 radical (unpaired) electrons. The van der Waals surface area contributed by atoms with Crippen molar-refractivity contribution in [1.82, 2.24) is 9.88 Å². The van der Waals surface area contributed by atoms with Crippen LogP contribution in [0.2, 0.25) is 0 Å². The first kappa shape index (κ1) is 14.7. The van der Waals surface area contributed by atoms with Gasteiger partial charge in [-0.3, -0.25) is 9.88 Å². The van der Waals surface area contributed by atoms with Gasteiger partial charge in [-0.05, 0) is 31.2 Å². The lowest BCUT2D eigenvalue weighted by Crippen LogP contribution is -2.39. The Labute approximate surface area is 121 Å². The Balaban J connectivity index is 2.19. The third-order valence-electron chi connectivity index (χ3n) is 3.62. The van der Waals surface area contributed by atoms with Gasteiger partial charge in [-0.1, -0.05) is 43.3 Å². The fourth-order valence-corrected chi connectivity index (χ4v) is 2.52. The number of likely N-dealkylation sites (N-methyl/N-ethyl adjacent to an activating group) is 1. The van der Waals surface area contributed by atoms with Crippen LogP contribution in [0.4, 0.5) is 0 Å². The molecule has 0 bridgehead atoms. The van der Waals surface area contributed by atoms with Crippen molar-refractivity contribution >= 4 is 0 Å². The van der Waals surface area contributed by atoms with Crippen LogP contribution in [0.1, 0.15) is 30.6 Å². The maximum atomic E-state index is 6.32. The van der Waals surface area contributed by atoms with E-state index in [1.807, 2.05) is 24.4 Å². The predicted molar refractivity (Wildman–Crippen MR) is 83.2 cm³/mol. The van der Waals surface area contributed by atoms with Crippen molar-refractivity contribution in [2.24, 2.45) is 5.73 Å². The van der Waals surface area contributed by atoms with Gasteiger partial charge in [0.05, 0.1) is 11.7 Å². The summed E-state index contributed by atoms with van der Waals surface area (Å²) in [5.74, 6) is 0. The molecule has 1 heterocycles. The summed E-state index contributed by atoms with van der Waals surface area (Å²) < 4.78 is 0. The molecule has 3 heteroatoms. The highest BCUT2D eigenvalue weighted by Crippen LogP contribution is 2.23. The van der Waals surface area contributed by atoms with E-state index in [9.17, 15) is 0 Å². The highest BCUT2D eigenvalue weighted by Gasteiger charge is 2.24. The minimum Gasteiger partial charge on any atom is -0.326 e. The minimum absolute atomic E-state index is 0.0820. The summed E-state index contributed by atoms with van der Waals surface area (Å²) in [5.41, 5.74) is 8.66. The topological polar surface area (TPSA) is 42.1 Å². The van der Waals surface area contributed by atoms with E-state index in [4.69, 9.17) is 5.73 Å². The molecule has 0 amide bonds. The van der Waals surface area contributed by atoms with Gasteiger partial charge in [-0.25, -0.2) is 0 Å². The van der Waals surface area contributed by atoms with Gasteiger partial charge in [0.2, 0.25) is 0 Å². The smallest absolute Gasteiger partial charge is 0.0673 e. The lowest BCUT2D eigenvalue weighted by Gasteiger charge is -2.32. The summed E-state index contributed by atoms with van der Waals surface area (Å²) >= 11 is 0. The highest BCUT2D eigenvalue weighted by atomic mass is 15.2. The third-order valence-corrected chi connectivity index (χ3v) is 3.62. The zero-order chi connectivity index (χ0) is 14.4. The molecule has 1 aromatic carbocycles. The van der Waals surface area contributed by atoms with E-state index >= 15 is 0 Å². The average molecular weight is 269 g/mol. The van der Waals surface area contributed by atoms with Crippen LogP contribution < -0.4 is 5.73 Å². The monoisotopic (exact) mass is 269 g/mol. The molecular weight excluding hydrogens is 246 g/mol. The van der Waals surface area contributed by atoms with Crippen molar-refractivity contribution in [2.75, 3.05) is 7.05 Å². The second kappa shape index (κ2) is 7.17. The van der Waals surface area contributed by atoms with Crippen LogP contribution in [0.3, 0.4) is 0 Å². The maximum Gasteiger partial charge on any atom is 0.0673 e. The molecule has 1 aromatic heterocycles. The second-order valence-electron chi connectivity index (χ2n) is 5.17. The zero-order valence-corrected chi connectivity index (χ0v) is 12.2. The number of nitrogens with two attached hydrogens (primary N) is 1. The van der Waals surface area contributed by atoms with Crippen LogP contribution >= 0.6 is 0 Å². The van der Waals surface area contributed by atoms with Crippen molar-refractivity contribution in [2.45, 2.75) is 32.0 Å². The molecule has 0 aliphatic heterocycles. The molecule has 2 rings (SSSR count). The van der Waals surface area contributed by atoms with Crippen LogP contribution in [0.5, 0.6) is 0 Å². The summed E-state index contributed by atoms with van der Waals surface area (Å²) in [4.78, 5) is 6.77. The summed E-state index contributed by atoms with van der Waals surface area (Å²) in [5, 5.41) is 0. The normalized spacial score (nSPS) is 14.2. The van der Waals surface area contributed by atoms with Crippen molar-refractivity contribution < 1.29 is 0 Å². The zero-order valence-electron chi connectivity index (χ0n) is 12.2. The lowest BCUT2D eigenvalue weighted by atomic mass is 10.0. The number of hydrogen-bond acceptors (Lipinski definition) is 3. The fourth-order valence-electron chi connectivity index (χ4n) is 2.52. The van der Waals surface area contributed by atoms with E-state index in [-0.39, 0.29) is 12.1 Å². The molecule has 106 valence electrons. The lowest BCUT2D eigenvalue weighted by molar-refractivity contribution is 0.197. The summed E-state index contributed by atoms with van der Waals surface area (Å²) in [6.45, 7) is 2.99. The highest BCUT2D eigenvalue weighted by molar-refractivity contribution is 5.16. The van der Waals surface area contributed by atoms with Gasteiger partial charge < -0.3 is 5.73 Å². The van der Waals surface area contributed by atoms with E-state index in [1.54, 1.807) is 0 Å². The van der Waals surface area contributed by atoms with E-state index in [1.165, 1.54) is 5.56 Å². The predicted octanol–water partition coefficient (Wildman–Crippen LogP) is 2.99. The molecule has 2 atom stereocenters. The Morgan fingerprint density at radius 1 is 1.10 bits per heavy atom. The Morgan fingerprint density at radius 3 is 2.40 bits per heavy atom. The first-order valence-electron chi connectivity index (χ1n) is 7.13. The number of pyridine rings is 1. The van der Waals surface area contributed by atoms with Gasteiger partial charge in [0.15, 0.2) is 0 Å². The van der Waals surface area contributed by atoms with E-state index in [2.05, 4.69) is 54.2 Å². The molecule has 3 nitrogen and oxygen atoms in total. The molecule has 0 fully saturated rings. The number of aromatic nitrogens is 1. The van der Waals surface area contributed by atoms with Crippen LogP contribution in [-0.2, 0) is 6.54 Å². The van der Waals surface area contributed by atoms with Crippen LogP contribution in [0.25, 0.3) is 0 Å². The molecule has 0 saturated heterocycles. The van der Waals surface area contributed by atoms with E-state index in [0.717, 1.165) is 18.7 Å². The molecule has 0 spiro atoms. The Bertz CT molecular complexity index is 498. The van der Waals surface area contributed by atoms with Crippen molar-refractivity contribution in [3.63, 3.8) is 0 Å². The largest absolute Gasteiger partial charge is 0.326 e. The minimum atomic E-state index is 0.0820. The number of nitrogens with zero attached hydrogens (tertiary/aromatic N) is 2. The first-order chi connectivity index (χ1) is 9.72. The Hall–Kier alpha value is -1.71. The van der Waals surface area contributed by atoms with Crippen molar-refractivity contribution in [1.29, 1.82) is 0 Å². The van der Waals surface area contributed by atoms with Crippen LogP contribution in [0, 0.1) is 0 Å². The van der Waals surface area contributed by atoms with Gasteiger partial charge in [-0.15, -0.1) is 0 Å². The van der Waals surface area contributed by atoms with Crippen LogP contribution in [-0.4, -0.2) is 23.0 Å². The molecule has 0 aliphatic rings. The summed E-state index contributed by atoms with van der Waals surface area (Å²) in [6.07, 6.45) is 2.77. The number of hydrogen-bond donors (Lipinski definition) is 1. The summed E-state index contributed by atoms with van der Waals surface area (Å²) in [7, 11) is 2.11. The molecule has 2 unspecified atom stereocenters. The molecule has 2 aromatic rings. The van der Waals surface area contributed by atoms with Crippen molar-refractivity contribution in [3.8, 4) is 0 Å². The van der Waals surface area contributed by atoms with Gasteiger partial charge >= 0.3 is 0 Å². The average Bonchev–Trinajstić information content (AvgIpc) is 2.49. The molecule has 2 N–H and O–H groups in total. The van der Waals surface area contributed by atoms with Gasteiger partial charge in [0.25, 0.3) is 0 Å². The molecule has 0 saturated carbocycles. The molecule has 20 heavy (non-hydrogen) atoms. The van der Waals surface area contributed by atoms with Gasteiger partial charge in [-0.2, -0.15) is 0 Å². The molecular formula is C17H23N3. The Morgan fingerprint density at radius 2 is 1.80 bits per heavy atom. The van der Waals surface area contributed by atoms with Gasteiger partial charge in [0, 0.05) is 18.8 Å². The quantitative estimate of drug-likeness (QED) is 0.876. The number of benzene rings is 1. The summed E-state index contributed by atoms with van der Waals surface area (Å²) in [6, 6.07) is 16.7. The van der Waals surface area contributed by atoms with E-state index in [0.29, 0.717) is 0 Å².